The van der Waals surface area contributed by atoms with Crippen LogP contribution in [0.2, 0.25) is 0 Å². The van der Waals surface area contributed by atoms with E-state index in [4.69, 9.17) is 4.74 Å². The minimum atomic E-state index is 0. The fourth-order valence-electron chi connectivity index (χ4n) is 3.63. The molecule has 1 aliphatic heterocycles. The number of likely N-dealkylation sites (tertiary alicyclic amines) is 1. The van der Waals surface area contributed by atoms with Crippen LogP contribution in [0.5, 0.6) is 5.75 Å². The SMILES string of the molecule is CN=C(NCc1ccc(C(=O)N2CCCCC2)cc1)NCc1ccc(C)cc1OC.I. The lowest BCUT2D eigenvalue weighted by Gasteiger charge is -2.26. The third kappa shape index (κ3) is 7.12. The van der Waals surface area contributed by atoms with Crippen LogP contribution in [-0.4, -0.2) is 44.0 Å². The molecule has 0 aromatic heterocycles. The number of rotatable bonds is 6. The fraction of sp³-hybridized carbons (Fsp3) is 0.417. The molecule has 168 valence electrons. The first-order valence-electron chi connectivity index (χ1n) is 10.6. The third-order valence-electron chi connectivity index (χ3n) is 5.42. The Morgan fingerprint density at radius 2 is 1.71 bits per heavy atom. The molecule has 0 saturated carbocycles. The van der Waals surface area contributed by atoms with E-state index in [0.717, 1.165) is 48.4 Å². The van der Waals surface area contributed by atoms with E-state index >= 15 is 0 Å². The molecule has 6 nitrogen and oxygen atoms in total. The van der Waals surface area contributed by atoms with Crippen molar-refractivity contribution >= 4 is 35.8 Å². The minimum Gasteiger partial charge on any atom is -0.496 e. The Kier molecular flexibility index (Phi) is 10.1. The second-order valence-corrected chi connectivity index (χ2v) is 7.64. The van der Waals surface area contributed by atoms with Gasteiger partial charge >= 0.3 is 0 Å². The Bertz CT molecular complexity index is 878. The summed E-state index contributed by atoms with van der Waals surface area (Å²) in [4.78, 5) is 18.8. The first-order valence-corrected chi connectivity index (χ1v) is 10.6. The number of nitrogens with zero attached hydrogens (tertiary/aromatic N) is 2. The van der Waals surface area contributed by atoms with Crippen LogP contribution in [0.25, 0.3) is 0 Å². The van der Waals surface area contributed by atoms with Gasteiger partial charge in [-0.25, -0.2) is 0 Å². The first-order chi connectivity index (χ1) is 14.6. The molecule has 31 heavy (non-hydrogen) atoms. The number of ether oxygens (including phenoxy) is 1. The highest BCUT2D eigenvalue weighted by Crippen LogP contribution is 2.19. The second kappa shape index (κ2) is 12.5. The van der Waals surface area contributed by atoms with Crippen LogP contribution < -0.4 is 15.4 Å². The number of hydrogen-bond acceptors (Lipinski definition) is 3. The maximum atomic E-state index is 12.6. The molecule has 0 atom stereocenters. The Morgan fingerprint density at radius 1 is 1.03 bits per heavy atom. The summed E-state index contributed by atoms with van der Waals surface area (Å²) in [5.41, 5.74) is 4.10. The molecule has 1 amide bonds. The van der Waals surface area contributed by atoms with Crippen molar-refractivity contribution in [1.82, 2.24) is 15.5 Å². The Hall–Kier alpha value is -2.29. The van der Waals surface area contributed by atoms with E-state index in [-0.39, 0.29) is 29.9 Å². The molecule has 2 N–H and O–H groups in total. The van der Waals surface area contributed by atoms with Gasteiger partial charge in [0.2, 0.25) is 0 Å². The van der Waals surface area contributed by atoms with E-state index in [1.54, 1.807) is 14.2 Å². The van der Waals surface area contributed by atoms with Crippen molar-refractivity contribution in [2.24, 2.45) is 4.99 Å². The molecular weight excluding hydrogens is 503 g/mol. The highest BCUT2D eigenvalue weighted by Gasteiger charge is 2.17. The topological polar surface area (TPSA) is 66.0 Å². The minimum absolute atomic E-state index is 0. The zero-order valence-electron chi connectivity index (χ0n) is 18.6. The molecule has 2 aromatic carbocycles. The fourth-order valence-corrected chi connectivity index (χ4v) is 3.63. The van der Waals surface area contributed by atoms with Crippen molar-refractivity contribution in [3.63, 3.8) is 0 Å². The number of methoxy groups -OCH3 is 1. The number of amides is 1. The number of benzene rings is 2. The van der Waals surface area contributed by atoms with Gasteiger partial charge in [0, 0.05) is 44.4 Å². The molecule has 2 aromatic rings. The zero-order valence-corrected chi connectivity index (χ0v) is 20.9. The maximum Gasteiger partial charge on any atom is 0.253 e. The normalized spacial score (nSPS) is 13.9. The van der Waals surface area contributed by atoms with Gasteiger partial charge in [-0.05, 0) is 55.5 Å². The molecule has 0 radical (unpaired) electrons. The average Bonchev–Trinajstić information content (AvgIpc) is 2.80. The standard InChI is InChI=1S/C24H32N4O2.HI/c1-18-7-10-21(22(15-18)30-3)17-27-24(25-2)26-16-19-8-11-20(12-9-19)23(29)28-13-5-4-6-14-28;/h7-12,15H,4-6,13-14,16-17H2,1-3H3,(H2,25,26,27);1H. The summed E-state index contributed by atoms with van der Waals surface area (Å²) in [5.74, 6) is 1.72. The van der Waals surface area contributed by atoms with Crippen molar-refractivity contribution in [2.75, 3.05) is 27.2 Å². The van der Waals surface area contributed by atoms with Gasteiger partial charge in [0.25, 0.3) is 5.91 Å². The van der Waals surface area contributed by atoms with Gasteiger partial charge in [-0.15, -0.1) is 24.0 Å². The van der Waals surface area contributed by atoms with Crippen LogP contribution in [0.4, 0.5) is 0 Å². The van der Waals surface area contributed by atoms with Crippen molar-refractivity contribution in [1.29, 1.82) is 0 Å². The van der Waals surface area contributed by atoms with E-state index in [0.29, 0.717) is 19.0 Å². The number of guanidine groups is 1. The van der Waals surface area contributed by atoms with Crippen molar-refractivity contribution in [2.45, 2.75) is 39.3 Å². The second-order valence-electron chi connectivity index (χ2n) is 7.64. The van der Waals surface area contributed by atoms with Crippen molar-refractivity contribution in [3.8, 4) is 5.75 Å². The lowest BCUT2D eigenvalue weighted by Crippen LogP contribution is -2.36. The highest BCUT2D eigenvalue weighted by molar-refractivity contribution is 14.0. The van der Waals surface area contributed by atoms with Crippen molar-refractivity contribution < 1.29 is 9.53 Å². The molecule has 0 bridgehead atoms. The number of aliphatic imine (C=N–C) groups is 1. The molecule has 1 saturated heterocycles. The molecule has 0 spiro atoms. The summed E-state index contributed by atoms with van der Waals surface area (Å²) in [6.07, 6.45) is 3.43. The summed E-state index contributed by atoms with van der Waals surface area (Å²) >= 11 is 0. The first kappa shape index (κ1) is 25.0. The number of aryl methyl sites for hydroxylation is 1. The van der Waals surface area contributed by atoms with Gasteiger partial charge in [-0.1, -0.05) is 24.3 Å². The molecule has 1 aliphatic rings. The van der Waals surface area contributed by atoms with Crippen LogP contribution in [-0.2, 0) is 13.1 Å². The summed E-state index contributed by atoms with van der Waals surface area (Å²) in [6, 6.07) is 14.0. The summed E-state index contributed by atoms with van der Waals surface area (Å²) < 4.78 is 5.46. The molecular formula is C24H33IN4O2. The number of nitrogens with one attached hydrogen (secondary N) is 2. The molecule has 1 fully saturated rings. The number of carbonyl (C=O) groups excluding carboxylic acids is 1. The van der Waals surface area contributed by atoms with Gasteiger partial charge in [-0.2, -0.15) is 0 Å². The maximum absolute atomic E-state index is 12.6. The van der Waals surface area contributed by atoms with Gasteiger partial charge in [0.1, 0.15) is 5.75 Å². The predicted octanol–water partition coefficient (Wildman–Crippen LogP) is 4.11. The quantitative estimate of drug-likeness (QED) is 0.332. The number of hydrogen-bond donors (Lipinski definition) is 2. The Labute approximate surface area is 202 Å². The molecule has 3 rings (SSSR count). The number of halogens is 1. The average molecular weight is 536 g/mol. The van der Waals surface area contributed by atoms with Gasteiger partial charge in [-0.3, -0.25) is 9.79 Å². The number of piperidine rings is 1. The van der Waals surface area contributed by atoms with E-state index in [2.05, 4.69) is 27.8 Å². The lowest BCUT2D eigenvalue weighted by molar-refractivity contribution is 0.0724. The molecule has 7 heteroatoms. The van der Waals surface area contributed by atoms with Crippen LogP contribution in [0.3, 0.4) is 0 Å². The Morgan fingerprint density at radius 3 is 2.35 bits per heavy atom. The summed E-state index contributed by atoms with van der Waals surface area (Å²) in [5, 5.41) is 6.64. The molecule has 1 heterocycles. The van der Waals surface area contributed by atoms with Gasteiger partial charge < -0.3 is 20.3 Å². The lowest BCUT2D eigenvalue weighted by atomic mass is 10.1. The van der Waals surface area contributed by atoms with Gasteiger partial charge in [0.05, 0.1) is 7.11 Å². The summed E-state index contributed by atoms with van der Waals surface area (Å²) in [6.45, 7) is 5.03. The Balaban J connectivity index is 0.00000341. The summed E-state index contributed by atoms with van der Waals surface area (Å²) in [7, 11) is 3.44. The van der Waals surface area contributed by atoms with E-state index in [1.165, 1.54) is 12.0 Å². The van der Waals surface area contributed by atoms with Gasteiger partial charge in [0.15, 0.2) is 5.96 Å². The largest absolute Gasteiger partial charge is 0.496 e. The highest BCUT2D eigenvalue weighted by atomic mass is 127. The van der Waals surface area contributed by atoms with Crippen LogP contribution in [0.15, 0.2) is 47.5 Å². The van der Waals surface area contributed by atoms with E-state index in [1.807, 2.05) is 42.2 Å². The molecule has 0 unspecified atom stereocenters. The van der Waals surface area contributed by atoms with Crippen molar-refractivity contribution in [3.05, 3.63) is 64.7 Å². The predicted molar refractivity (Wildman–Crippen MR) is 136 cm³/mol. The zero-order chi connectivity index (χ0) is 21.3. The van der Waals surface area contributed by atoms with E-state index in [9.17, 15) is 4.79 Å². The number of carbonyl (C=O) groups is 1. The van der Waals surface area contributed by atoms with Crippen LogP contribution in [0, 0.1) is 6.92 Å². The molecule has 0 aliphatic carbocycles. The van der Waals surface area contributed by atoms with Crippen LogP contribution in [0.1, 0.15) is 46.3 Å². The third-order valence-corrected chi connectivity index (χ3v) is 5.42. The van der Waals surface area contributed by atoms with Crippen LogP contribution >= 0.6 is 24.0 Å². The van der Waals surface area contributed by atoms with E-state index < -0.39 is 0 Å². The smallest absolute Gasteiger partial charge is 0.253 e. The monoisotopic (exact) mass is 536 g/mol.